The lowest BCUT2D eigenvalue weighted by molar-refractivity contribution is -0.128. The van der Waals surface area contributed by atoms with Gasteiger partial charge in [-0.2, -0.15) is 0 Å². The van der Waals surface area contributed by atoms with Crippen LogP contribution in [0.1, 0.15) is 24.8 Å². The number of amides is 1. The fraction of sp³-hybridized carbons (Fsp3) is 0.357. The van der Waals surface area contributed by atoms with Crippen molar-refractivity contribution in [3.8, 4) is 0 Å². The summed E-state index contributed by atoms with van der Waals surface area (Å²) in [5.41, 5.74) is 0.447. The van der Waals surface area contributed by atoms with E-state index in [4.69, 9.17) is 0 Å². The highest BCUT2D eigenvalue weighted by Gasteiger charge is 2.41. The van der Waals surface area contributed by atoms with Gasteiger partial charge >= 0.3 is 5.78 Å². The van der Waals surface area contributed by atoms with Crippen molar-refractivity contribution in [3.63, 3.8) is 0 Å². The molecule has 1 aliphatic rings. The van der Waals surface area contributed by atoms with Gasteiger partial charge in [-0.1, -0.05) is 6.07 Å². The van der Waals surface area contributed by atoms with Crippen molar-refractivity contribution < 1.29 is 18.4 Å². The molecule has 1 aromatic rings. The molecule has 100 valence electrons. The van der Waals surface area contributed by atoms with Gasteiger partial charge in [0.25, 0.3) is 0 Å². The van der Waals surface area contributed by atoms with E-state index in [1.54, 1.807) is 6.92 Å². The summed E-state index contributed by atoms with van der Waals surface area (Å²) < 4.78 is 26.2. The van der Waals surface area contributed by atoms with E-state index in [0.717, 1.165) is 12.1 Å². The molecule has 1 saturated heterocycles. The Morgan fingerprint density at radius 3 is 2.63 bits per heavy atom. The number of nitrogens with one attached hydrogen (secondary N) is 1. The van der Waals surface area contributed by atoms with Crippen molar-refractivity contribution >= 4 is 11.7 Å². The third kappa shape index (κ3) is 2.59. The minimum absolute atomic E-state index is 0.0708. The fourth-order valence-corrected chi connectivity index (χ4v) is 2.65. The molecule has 0 saturated carbocycles. The summed E-state index contributed by atoms with van der Waals surface area (Å²) in [5.74, 6) is -3.45. The highest BCUT2D eigenvalue weighted by atomic mass is 19.2. The van der Waals surface area contributed by atoms with Crippen LogP contribution < -0.4 is 5.32 Å². The van der Waals surface area contributed by atoms with Crippen LogP contribution in [-0.2, 0) is 9.59 Å². The third-order valence-corrected chi connectivity index (χ3v) is 3.51. The largest absolute Gasteiger partial charge is 0.353 e. The predicted octanol–water partition coefficient (Wildman–Crippen LogP) is 1.98. The number of hydrogen-bond donors (Lipinski definition) is 1. The monoisotopic (exact) mass is 266 g/mol. The Morgan fingerprint density at radius 1 is 1.37 bits per heavy atom. The maximum absolute atomic E-state index is 13.3. The number of piperidine rings is 1. The Labute approximate surface area is 110 Å². The van der Waals surface area contributed by atoms with Gasteiger partial charge in [0.1, 0.15) is 6.92 Å². The molecular formula is C14H14F2NO2+. The van der Waals surface area contributed by atoms with E-state index in [9.17, 15) is 18.4 Å². The summed E-state index contributed by atoms with van der Waals surface area (Å²) >= 11 is 0. The quantitative estimate of drug-likeness (QED) is 0.832. The maximum Gasteiger partial charge on any atom is 0.309 e. The Morgan fingerprint density at radius 2 is 2.05 bits per heavy atom. The lowest BCUT2D eigenvalue weighted by Crippen LogP contribution is -2.49. The fourth-order valence-electron chi connectivity index (χ4n) is 2.65. The van der Waals surface area contributed by atoms with Crippen molar-refractivity contribution in [2.45, 2.75) is 25.3 Å². The lowest BCUT2D eigenvalue weighted by Gasteiger charge is -2.33. The standard InChI is InChI=1S/C14H13F2NO2/c1-7-14(8(2)18)10(6-13(19)17-7)9-3-4-11(15)12(16)5-9/h3-5,7,10,14H,2,6H2,1H3/p+1. The second-order valence-corrected chi connectivity index (χ2v) is 4.83. The van der Waals surface area contributed by atoms with Crippen LogP contribution in [0.3, 0.4) is 0 Å². The first-order valence-corrected chi connectivity index (χ1v) is 6.00. The average molecular weight is 266 g/mol. The topological polar surface area (TPSA) is 46.2 Å². The van der Waals surface area contributed by atoms with Gasteiger partial charge in [-0.3, -0.25) is 4.79 Å². The van der Waals surface area contributed by atoms with Crippen LogP contribution in [0.2, 0.25) is 0 Å². The van der Waals surface area contributed by atoms with Crippen molar-refractivity contribution in [3.05, 3.63) is 42.3 Å². The molecule has 0 bridgehead atoms. The number of carbonyl (C=O) groups excluding carboxylic acids is 2. The molecule has 1 heterocycles. The highest BCUT2D eigenvalue weighted by Crippen LogP contribution is 2.34. The Bertz CT molecular complexity index is 530. The van der Waals surface area contributed by atoms with Crippen molar-refractivity contribution in [1.29, 1.82) is 0 Å². The smallest absolute Gasteiger partial charge is 0.309 e. The Kier molecular flexibility index (Phi) is 3.55. The number of Topliss-reactive ketones (excluding diaryl/α,β-unsaturated/α-hetero) is 1. The van der Waals surface area contributed by atoms with E-state index in [0.29, 0.717) is 5.56 Å². The first kappa shape index (κ1) is 13.5. The molecule has 3 unspecified atom stereocenters. The van der Waals surface area contributed by atoms with Crippen LogP contribution in [-0.4, -0.2) is 17.7 Å². The molecule has 1 amide bonds. The Balaban J connectivity index is 2.40. The van der Waals surface area contributed by atoms with Crippen LogP contribution in [0.15, 0.2) is 18.2 Å². The SMILES string of the molecule is [CH2+]C(=O)C1C(C)NC(=O)CC1c1ccc(F)c(F)c1. The molecule has 0 radical (unpaired) electrons. The molecule has 3 nitrogen and oxygen atoms in total. The van der Waals surface area contributed by atoms with Crippen LogP contribution in [0.25, 0.3) is 0 Å². The molecule has 0 spiro atoms. The van der Waals surface area contributed by atoms with E-state index in [-0.39, 0.29) is 24.2 Å². The molecular weight excluding hydrogens is 252 g/mol. The molecule has 0 aromatic heterocycles. The van der Waals surface area contributed by atoms with Crippen molar-refractivity contribution in [2.24, 2.45) is 5.92 Å². The molecule has 1 N–H and O–H groups in total. The summed E-state index contributed by atoms with van der Waals surface area (Å²) in [5, 5.41) is 2.67. The first-order chi connectivity index (χ1) is 8.90. The van der Waals surface area contributed by atoms with Gasteiger partial charge < -0.3 is 5.32 Å². The molecule has 1 fully saturated rings. The molecule has 1 aliphatic heterocycles. The van der Waals surface area contributed by atoms with E-state index in [2.05, 4.69) is 12.2 Å². The zero-order valence-corrected chi connectivity index (χ0v) is 10.5. The minimum Gasteiger partial charge on any atom is -0.353 e. The second kappa shape index (κ2) is 4.99. The predicted molar refractivity (Wildman–Crippen MR) is 65.2 cm³/mol. The van der Waals surface area contributed by atoms with E-state index < -0.39 is 23.5 Å². The van der Waals surface area contributed by atoms with Gasteiger partial charge in [-0.25, -0.2) is 13.6 Å². The molecule has 3 atom stereocenters. The van der Waals surface area contributed by atoms with Crippen molar-refractivity contribution in [2.75, 3.05) is 0 Å². The number of benzene rings is 1. The maximum atomic E-state index is 13.3. The van der Waals surface area contributed by atoms with Crippen LogP contribution in [0, 0.1) is 24.5 Å². The van der Waals surface area contributed by atoms with E-state index in [1.165, 1.54) is 6.07 Å². The van der Waals surface area contributed by atoms with Gasteiger partial charge in [0.2, 0.25) is 5.91 Å². The van der Waals surface area contributed by atoms with Crippen molar-refractivity contribution in [1.82, 2.24) is 5.32 Å². The van der Waals surface area contributed by atoms with E-state index >= 15 is 0 Å². The summed E-state index contributed by atoms with van der Waals surface area (Å²) in [7, 11) is 0. The van der Waals surface area contributed by atoms with Crippen LogP contribution in [0.5, 0.6) is 0 Å². The minimum atomic E-state index is -0.980. The van der Waals surface area contributed by atoms with Gasteiger partial charge in [-0.15, -0.1) is 0 Å². The van der Waals surface area contributed by atoms with Gasteiger partial charge in [-0.05, 0) is 24.6 Å². The zero-order chi connectivity index (χ0) is 14.2. The molecule has 0 aliphatic carbocycles. The third-order valence-electron chi connectivity index (χ3n) is 3.51. The van der Waals surface area contributed by atoms with Crippen LogP contribution in [0.4, 0.5) is 8.78 Å². The molecule has 2 rings (SSSR count). The zero-order valence-electron chi connectivity index (χ0n) is 10.5. The summed E-state index contributed by atoms with van der Waals surface area (Å²) in [4.78, 5) is 23.2. The number of carbonyl (C=O) groups is 2. The number of hydrogen-bond acceptors (Lipinski definition) is 2. The first-order valence-electron chi connectivity index (χ1n) is 6.00. The summed E-state index contributed by atoms with van der Waals surface area (Å²) in [6, 6.07) is 3.09. The second-order valence-electron chi connectivity index (χ2n) is 4.83. The average Bonchev–Trinajstić information content (AvgIpc) is 2.31. The van der Waals surface area contributed by atoms with Gasteiger partial charge in [0.15, 0.2) is 11.6 Å². The Hall–Kier alpha value is -1.91. The normalized spacial score (nSPS) is 26.9. The van der Waals surface area contributed by atoms with Gasteiger partial charge in [0.05, 0.1) is 5.92 Å². The summed E-state index contributed by atoms with van der Waals surface area (Å²) in [6.07, 6.45) is 0.0708. The lowest BCUT2D eigenvalue weighted by atomic mass is 9.75. The molecule has 19 heavy (non-hydrogen) atoms. The molecule has 5 heteroatoms. The summed E-state index contributed by atoms with van der Waals surface area (Å²) in [6.45, 7) is 5.10. The molecule has 1 aromatic carbocycles. The number of halogens is 2. The number of rotatable bonds is 2. The van der Waals surface area contributed by atoms with E-state index in [1.807, 2.05) is 0 Å². The van der Waals surface area contributed by atoms with Gasteiger partial charge in [0, 0.05) is 18.4 Å². The van der Waals surface area contributed by atoms with Crippen LogP contribution >= 0.6 is 0 Å². The highest BCUT2D eigenvalue weighted by molar-refractivity contribution is 5.90. The number of ketones is 1.